The van der Waals surface area contributed by atoms with E-state index in [1.807, 2.05) is 11.8 Å². The summed E-state index contributed by atoms with van der Waals surface area (Å²) in [6.45, 7) is 3.01. The number of rotatable bonds is 3. The van der Waals surface area contributed by atoms with Gasteiger partial charge in [-0.2, -0.15) is 11.8 Å². The number of hydrazine groups is 1. The van der Waals surface area contributed by atoms with Gasteiger partial charge in [0.15, 0.2) is 0 Å². The molecule has 6 heteroatoms. The standard InChI is InChI=1S/C14H21BrN2OS2/c1-9-6-11(20-13(9)15)12(17-16)10-2-4-18-14(7-10)3-5-19-8-14/h6,10,12,17H,2-5,7-8,16H2,1H3. The van der Waals surface area contributed by atoms with Gasteiger partial charge in [0, 0.05) is 17.2 Å². The highest BCUT2D eigenvalue weighted by atomic mass is 79.9. The second-order valence-corrected chi connectivity index (χ2v) is 9.34. The van der Waals surface area contributed by atoms with Crippen LogP contribution in [0.1, 0.15) is 35.7 Å². The Hall–Kier alpha value is 0.410. The maximum atomic E-state index is 6.12. The SMILES string of the molecule is Cc1cc(C(NN)C2CCOC3(CCSC3)C2)sc1Br. The van der Waals surface area contributed by atoms with Gasteiger partial charge in [0.25, 0.3) is 0 Å². The summed E-state index contributed by atoms with van der Waals surface area (Å²) >= 11 is 7.44. The van der Waals surface area contributed by atoms with Crippen molar-refractivity contribution < 1.29 is 4.74 Å². The van der Waals surface area contributed by atoms with Crippen LogP contribution in [0.5, 0.6) is 0 Å². The molecule has 1 spiro atoms. The minimum absolute atomic E-state index is 0.117. The van der Waals surface area contributed by atoms with E-state index in [1.165, 1.54) is 26.4 Å². The van der Waals surface area contributed by atoms with Crippen molar-refractivity contribution in [1.82, 2.24) is 5.43 Å². The Balaban J connectivity index is 1.78. The molecule has 0 aromatic carbocycles. The van der Waals surface area contributed by atoms with E-state index >= 15 is 0 Å². The molecule has 2 saturated heterocycles. The molecule has 1 aromatic rings. The first-order valence-electron chi connectivity index (χ1n) is 7.07. The van der Waals surface area contributed by atoms with Gasteiger partial charge in [-0.1, -0.05) is 0 Å². The maximum absolute atomic E-state index is 6.12. The van der Waals surface area contributed by atoms with Gasteiger partial charge in [-0.25, -0.2) is 0 Å². The first-order chi connectivity index (χ1) is 9.63. The monoisotopic (exact) mass is 376 g/mol. The van der Waals surface area contributed by atoms with Gasteiger partial charge in [-0.05, 0) is 65.4 Å². The summed E-state index contributed by atoms with van der Waals surface area (Å²) in [7, 11) is 0. The Morgan fingerprint density at radius 2 is 2.45 bits per heavy atom. The Morgan fingerprint density at radius 3 is 3.05 bits per heavy atom. The fourth-order valence-electron chi connectivity index (χ4n) is 3.30. The average molecular weight is 377 g/mol. The topological polar surface area (TPSA) is 47.3 Å². The van der Waals surface area contributed by atoms with E-state index in [2.05, 4.69) is 34.3 Å². The van der Waals surface area contributed by atoms with Crippen LogP contribution < -0.4 is 11.3 Å². The minimum Gasteiger partial charge on any atom is -0.374 e. The van der Waals surface area contributed by atoms with Crippen molar-refractivity contribution in [2.24, 2.45) is 11.8 Å². The molecule has 3 nitrogen and oxygen atoms in total. The zero-order valence-corrected chi connectivity index (χ0v) is 14.9. The van der Waals surface area contributed by atoms with Crippen molar-refractivity contribution in [2.75, 3.05) is 18.1 Å². The number of ether oxygens (including phenoxy) is 1. The molecular weight excluding hydrogens is 356 g/mol. The molecule has 3 atom stereocenters. The summed E-state index contributed by atoms with van der Waals surface area (Å²) in [6.07, 6.45) is 3.41. The second kappa shape index (κ2) is 6.26. The molecule has 0 saturated carbocycles. The molecule has 1 aromatic heterocycles. The molecule has 20 heavy (non-hydrogen) atoms. The largest absolute Gasteiger partial charge is 0.374 e. The highest BCUT2D eigenvalue weighted by Crippen LogP contribution is 2.45. The summed E-state index contributed by atoms with van der Waals surface area (Å²) in [6, 6.07) is 2.50. The van der Waals surface area contributed by atoms with Crippen LogP contribution in [0.25, 0.3) is 0 Å². The molecule has 3 heterocycles. The third kappa shape index (κ3) is 2.96. The molecule has 0 amide bonds. The van der Waals surface area contributed by atoms with E-state index < -0.39 is 0 Å². The molecule has 3 unspecified atom stereocenters. The first-order valence-corrected chi connectivity index (χ1v) is 9.84. The van der Waals surface area contributed by atoms with Crippen LogP contribution in [0.2, 0.25) is 0 Å². The van der Waals surface area contributed by atoms with Crippen molar-refractivity contribution in [1.29, 1.82) is 0 Å². The Morgan fingerprint density at radius 1 is 1.60 bits per heavy atom. The van der Waals surface area contributed by atoms with E-state index in [4.69, 9.17) is 10.6 Å². The zero-order valence-electron chi connectivity index (χ0n) is 11.7. The van der Waals surface area contributed by atoms with Crippen LogP contribution >= 0.6 is 39.0 Å². The Kier molecular flexibility index (Phi) is 4.79. The smallest absolute Gasteiger partial charge is 0.0783 e. The quantitative estimate of drug-likeness (QED) is 0.624. The van der Waals surface area contributed by atoms with E-state index in [-0.39, 0.29) is 11.6 Å². The lowest BCUT2D eigenvalue weighted by molar-refractivity contribution is -0.0852. The summed E-state index contributed by atoms with van der Waals surface area (Å²) in [4.78, 5) is 1.34. The minimum atomic E-state index is 0.117. The van der Waals surface area contributed by atoms with Crippen molar-refractivity contribution in [3.05, 3.63) is 20.3 Å². The molecule has 2 fully saturated rings. The normalized spacial score (nSPS) is 31.9. The molecule has 0 bridgehead atoms. The van der Waals surface area contributed by atoms with Crippen LogP contribution in [0.15, 0.2) is 9.85 Å². The predicted molar refractivity (Wildman–Crippen MR) is 90.2 cm³/mol. The van der Waals surface area contributed by atoms with Gasteiger partial charge < -0.3 is 4.74 Å². The molecule has 112 valence electrons. The number of aryl methyl sites for hydroxylation is 1. The van der Waals surface area contributed by atoms with E-state index in [9.17, 15) is 0 Å². The molecule has 0 radical (unpaired) electrons. The zero-order chi connectivity index (χ0) is 14.2. The third-order valence-electron chi connectivity index (χ3n) is 4.43. The number of hydrogen-bond acceptors (Lipinski definition) is 5. The molecule has 3 rings (SSSR count). The Bertz CT molecular complexity index is 454. The number of thiophene rings is 1. The summed E-state index contributed by atoms with van der Waals surface area (Å²) in [5, 5.41) is 0. The Labute approximate surface area is 137 Å². The van der Waals surface area contributed by atoms with Gasteiger partial charge in [-0.15, -0.1) is 11.3 Å². The second-order valence-electron chi connectivity index (χ2n) is 5.84. The summed E-state index contributed by atoms with van der Waals surface area (Å²) in [5.74, 6) is 8.82. The molecular formula is C14H21BrN2OS2. The number of halogens is 1. The molecule has 2 aliphatic rings. The van der Waals surface area contributed by atoms with Crippen LogP contribution in [-0.4, -0.2) is 23.7 Å². The van der Waals surface area contributed by atoms with Crippen molar-refractivity contribution >= 4 is 39.0 Å². The van der Waals surface area contributed by atoms with E-state index in [0.717, 1.165) is 25.2 Å². The highest BCUT2D eigenvalue weighted by Gasteiger charge is 2.42. The first kappa shape index (κ1) is 15.3. The van der Waals surface area contributed by atoms with Gasteiger partial charge in [0.2, 0.25) is 0 Å². The number of thioether (sulfide) groups is 1. The number of nitrogens with two attached hydrogens (primary N) is 1. The number of nitrogens with one attached hydrogen (secondary N) is 1. The average Bonchev–Trinajstić information content (AvgIpc) is 2.99. The van der Waals surface area contributed by atoms with E-state index in [1.54, 1.807) is 11.3 Å². The van der Waals surface area contributed by atoms with Crippen molar-refractivity contribution in [3.8, 4) is 0 Å². The molecule has 3 N–H and O–H groups in total. The van der Waals surface area contributed by atoms with Gasteiger partial charge in [0.05, 0.1) is 15.4 Å². The van der Waals surface area contributed by atoms with Crippen molar-refractivity contribution in [2.45, 2.75) is 37.8 Å². The molecule has 2 aliphatic heterocycles. The van der Waals surface area contributed by atoms with Gasteiger partial charge in [0.1, 0.15) is 0 Å². The summed E-state index contributed by atoms with van der Waals surface area (Å²) < 4.78 is 7.33. The van der Waals surface area contributed by atoms with Gasteiger partial charge >= 0.3 is 0 Å². The van der Waals surface area contributed by atoms with Crippen LogP contribution in [0.4, 0.5) is 0 Å². The van der Waals surface area contributed by atoms with Crippen molar-refractivity contribution in [3.63, 3.8) is 0 Å². The lowest BCUT2D eigenvalue weighted by Crippen LogP contribution is -2.44. The summed E-state index contributed by atoms with van der Waals surface area (Å²) in [5.41, 5.74) is 4.47. The predicted octanol–water partition coefficient (Wildman–Crippen LogP) is 3.63. The van der Waals surface area contributed by atoms with E-state index in [0.29, 0.717) is 5.92 Å². The van der Waals surface area contributed by atoms with Crippen LogP contribution in [-0.2, 0) is 4.74 Å². The van der Waals surface area contributed by atoms with Crippen LogP contribution in [0.3, 0.4) is 0 Å². The highest BCUT2D eigenvalue weighted by molar-refractivity contribution is 9.11. The van der Waals surface area contributed by atoms with Crippen LogP contribution in [0, 0.1) is 12.8 Å². The fraction of sp³-hybridized carbons (Fsp3) is 0.714. The molecule has 0 aliphatic carbocycles. The fourth-order valence-corrected chi connectivity index (χ4v) is 6.40. The maximum Gasteiger partial charge on any atom is 0.0783 e. The lowest BCUT2D eigenvalue weighted by Gasteiger charge is -2.40. The number of hydrogen-bond donors (Lipinski definition) is 2. The third-order valence-corrected chi connectivity index (χ3v) is 7.87. The lowest BCUT2D eigenvalue weighted by atomic mass is 9.81. The van der Waals surface area contributed by atoms with Gasteiger partial charge in [-0.3, -0.25) is 11.3 Å².